The average Bonchev–Trinajstić information content (AvgIpc) is 3.40. The molecular formula is C32H37N5O3. The fourth-order valence-corrected chi connectivity index (χ4v) is 5.63. The quantitative estimate of drug-likeness (QED) is 0.305. The Kier molecular flexibility index (Phi) is 7.72. The first-order valence-electron chi connectivity index (χ1n) is 13.8. The maximum absolute atomic E-state index is 13.4. The topological polar surface area (TPSA) is 80.6 Å². The van der Waals surface area contributed by atoms with E-state index in [1.165, 1.54) is 23.3 Å². The molecule has 1 atom stereocenters. The fraction of sp³-hybridized carbons (Fsp3) is 0.375. The van der Waals surface area contributed by atoms with Crippen LogP contribution in [0.2, 0.25) is 0 Å². The van der Waals surface area contributed by atoms with E-state index in [0.717, 1.165) is 57.4 Å². The number of carbonyl (C=O) groups is 2. The van der Waals surface area contributed by atoms with Crippen molar-refractivity contribution in [1.82, 2.24) is 25.0 Å². The zero-order valence-corrected chi connectivity index (χ0v) is 24.2. The van der Waals surface area contributed by atoms with Crippen LogP contribution >= 0.6 is 0 Å². The molecule has 0 saturated heterocycles. The van der Waals surface area contributed by atoms with E-state index in [2.05, 4.69) is 41.5 Å². The number of aryl methyl sites for hydroxylation is 4. The minimum Gasteiger partial charge on any atom is -0.334 e. The highest BCUT2D eigenvalue weighted by Crippen LogP contribution is 2.35. The molecule has 0 spiro atoms. The van der Waals surface area contributed by atoms with Gasteiger partial charge in [0, 0.05) is 44.6 Å². The summed E-state index contributed by atoms with van der Waals surface area (Å²) in [6.07, 6.45) is 1.04. The molecular weight excluding hydrogens is 502 g/mol. The monoisotopic (exact) mass is 539 g/mol. The van der Waals surface area contributed by atoms with Crippen molar-refractivity contribution >= 4 is 22.8 Å². The maximum Gasteiger partial charge on any atom is 0.254 e. The number of amides is 2. The van der Waals surface area contributed by atoms with E-state index in [1.807, 2.05) is 54.6 Å². The number of benzene rings is 3. The van der Waals surface area contributed by atoms with Gasteiger partial charge in [-0.2, -0.15) is 0 Å². The lowest BCUT2D eigenvalue weighted by Gasteiger charge is -2.30. The summed E-state index contributed by atoms with van der Waals surface area (Å²) in [4.78, 5) is 33.7. The Balaban J connectivity index is 1.51. The van der Waals surface area contributed by atoms with Gasteiger partial charge in [-0.25, -0.2) is 9.75 Å². The van der Waals surface area contributed by atoms with Gasteiger partial charge in [0.05, 0.1) is 12.6 Å². The van der Waals surface area contributed by atoms with Gasteiger partial charge in [0.25, 0.3) is 5.91 Å². The van der Waals surface area contributed by atoms with Crippen molar-refractivity contribution < 1.29 is 14.4 Å². The van der Waals surface area contributed by atoms with Crippen LogP contribution in [0.5, 0.6) is 0 Å². The van der Waals surface area contributed by atoms with E-state index in [-0.39, 0.29) is 24.2 Å². The summed E-state index contributed by atoms with van der Waals surface area (Å²) in [5, 5.41) is 10.0. The first-order valence-corrected chi connectivity index (χ1v) is 13.8. The Bertz CT molecular complexity index is 1590. The first-order chi connectivity index (χ1) is 19.2. The van der Waals surface area contributed by atoms with Crippen molar-refractivity contribution in [2.45, 2.75) is 59.5 Å². The number of hydroxylamine groups is 2. The molecule has 1 unspecified atom stereocenters. The largest absolute Gasteiger partial charge is 0.334 e. The zero-order chi connectivity index (χ0) is 28.6. The van der Waals surface area contributed by atoms with Crippen LogP contribution in [0.3, 0.4) is 0 Å². The molecule has 0 saturated carbocycles. The molecule has 0 aliphatic carbocycles. The highest BCUT2D eigenvalue weighted by Gasteiger charge is 2.27. The van der Waals surface area contributed by atoms with Gasteiger partial charge in [-0.3, -0.25) is 14.4 Å². The molecule has 8 heteroatoms. The van der Waals surface area contributed by atoms with E-state index in [1.54, 1.807) is 7.05 Å². The number of aromatic nitrogens is 3. The second-order valence-corrected chi connectivity index (χ2v) is 10.7. The number of fused-ring (bicyclic) bond motifs is 2. The third-order valence-corrected chi connectivity index (χ3v) is 8.35. The van der Waals surface area contributed by atoms with Gasteiger partial charge >= 0.3 is 0 Å². The number of nitrogens with zero attached hydrogens (tertiary/aromatic N) is 5. The fourth-order valence-electron chi connectivity index (χ4n) is 5.63. The molecule has 1 aromatic heterocycles. The van der Waals surface area contributed by atoms with Gasteiger partial charge in [-0.1, -0.05) is 35.5 Å². The number of rotatable bonds is 7. The van der Waals surface area contributed by atoms with Crippen molar-refractivity contribution in [3.63, 3.8) is 0 Å². The molecule has 5 rings (SSSR count). The van der Waals surface area contributed by atoms with Gasteiger partial charge in [0.15, 0.2) is 0 Å². The SMILES string of the molecule is CCn1nnc2c(C)c(C(CC(=O)N(C)OC)c3ccc4c(c3)CN(C(=O)c3ccc(C)c(C)c3)CC4)ccc21. The van der Waals surface area contributed by atoms with Gasteiger partial charge in [0.1, 0.15) is 5.52 Å². The number of hydrogen-bond acceptors (Lipinski definition) is 5. The van der Waals surface area contributed by atoms with Crippen LogP contribution in [-0.4, -0.2) is 57.5 Å². The second-order valence-electron chi connectivity index (χ2n) is 10.7. The average molecular weight is 540 g/mol. The Labute approximate surface area is 235 Å². The van der Waals surface area contributed by atoms with Gasteiger partial charge < -0.3 is 4.90 Å². The Morgan fingerprint density at radius 2 is 1.82 bits per heavy atom. The van der Waals surface area contributed by atoms with E-state index in [0.29, 0.717) is 13.1 Å². The van der Waals surface area contributed by atoms with Crippen molar-refractivity contribution in [3.8, 4) is 0 Å². The lowest BCUT2D eigenvalue weighted by molar-refractivity contribution is -0.168. The summed E-state index contributed by atoms with van der Waals surface area (Å²) in [5.41, 5.74) is 10.3. The highest BCUT2D eigenvalue weighted by atomic mass is 16.7. The molecule has 1 aliphatic heterocycles. The summed E-state index contributed by atoms with van der Waals surface area (Å²) in [6, 6.07) is 16.5. The molecule has 2 amide bonds. The van der Waals surface area contributed by atoms with Crippen molar-refractivity contribution in [3.05, 3.63) is 93.0 Å². The molecule has 40 heavy (non-hydrogen) atoms. The molecule has 0 N–H and O–H groups in total. The third kappa shape index (κ3) is 5.11. The predicted molar refractivity (Wildman–Crippen MR) is 155 cm³/mol. The first kappa shape index (κ1) is 27.5. The Morgan fingerprint density at radius 1 is 1.02 bits per heavy atom. The van der Waals surface area contributed by atoms with Gasteiger partial charge in [0.2, 0.25) is 5.91 Å². The minimum atomic E-state index is -0.211. The van der Waals surface area contributed by atoms with Crippen molar-refractivity contribution in [2.24, 2.45) is 0 Å². The van der Waals surface area contributed by atoms with E-state index < -0.39 is 0 Å². The smallest absolute Gasteiger partial charge is 0.254 e. The van der Waals surface area contributed by atoms with Crippen LogP contribution < -0.4 is 0 Å². The molecule has 208 valence electrons. The minimum absolute atomic E-state index is 0.0490. The normalized spacial score (nSPS) is 13.8. The summed E-state index contributed by atoms with van der Waals surface area (Å²) in [5.74, 6) is -0.279. The van der Waals surface area contributed by atoms with Crippen LogP contribution in [0.1, 0.15) is 68.6 Å². The van der Waals surface area contributed by atoms with Crippen LogP contribution in [0.15, 0.2) is 48.5 Å². The molecule has 8 nitrogen and oxygen atoms in total. The van der Waals surface area contributed by atoms with E-state index >= 15 is 0 Å². The second kappa shape index (κ2) is 11.2. The lowest BCUT2D eigenvalue weighted by Crippen LogP contribution is -2.36. The molecule has 0 radical (unpaired) electrons. The molecule has 4 aromatic rings. The standard InChI is InChI=1S/C32H37N5O3/c1-7-37-29-13-12-27(22(4)31(29)33-34-37)28(18-30(38)35(5)40-6)24-11-10-23-14-15-36(19-26(23)17-24)32(39)25-9-8-20(2)21(3)16-25/h8-13,16-17,28H,7,14-15,18-19H2,1-6H3. The number of hydrogen-bond donors (Lipinski definition) is 0. The van der Waals surface area contributed by atoms with Gasteiger partial charge in [-0.15, -0.1) is 5.10 Å². The number of carbonyl (C=O) groups excluding carboxylic acids is 2. The van der Waals surface area contributed by atoms with E-state index in [4.69, 9.17) is 4.84 Å². The molecule has 2 heterocycles. The van der Waals surface area contributed by atoms with Crippen LogP contribution in [-0.2, 0) is 29.1 Å². The summed E-state index contributed by atoms with van der Waals surface area (Å²) < 4.78 is 1.88. The van der Waals surface area contributed by atoms with Crippen molar-refractivity contribution in [1.29, 1.82) is 0 Å². The van der Waals surface area contributed by atoms with E-state index in [9.17, 15) is 9.59 Å². The highest BCUT2D eigenvalue weighted by molar-refractivity contribution is 5.94. The van der Waals surface area contributed by atoms with Gasteiger partial charge in [-0.05, 0) is 91.3 Å². The van der Waals surface area contributed by atoms with Crippen LogP contribution in [0.4, 0.5) is 0 Å². The summed E-state index contributed by atoms with van der Waals surface area (Å²) in [6.45, 7) is 10.1. The lowest BCUT2D eigenvalue weighted by atomic mass is 9.83. The molecule has 1 aliphatic rings. The summed E-state index contributed by atoms with van der Waals surface area (Å²) >= 11 is 0. The van der Waals surface area contributed by atoms with Crippen LogP contribution in [0.25, 0.3) is 11.0 Å². The zero-order valence-electron chi connectivity index (χ0n) is 24.2. The third-order valence-electron chi connectivity index (χ3n) is 8.35. The van der Waals surface area contributed by atoms with Crippen molar-refractivity contribution in [2.75, 3.05) is 20.7 Å². The predicted octanol–water partition coefficient (Wildman–Crippen LogP) is 5.12. The molecule has 0 bridgehead atoms. The Morgan fingerprint density at radius 3 is 2.55 bits per heavy atom. The maximum atomic E-state index is 13.4. The Hall–Kier alpha value is -4.04. The van der Waals surface area contributed by atoms with Crippen LogP contribution in [0, 0.1) is 20.8 Å². The summed E-state index contributed by atoms with van der Waals surface area (Å²) in [7, 11) is 3.12. The molecule has 3 aromatic carbocycles. The molecule has 0 fully saturated rings.